The second-order valence-electron chi connectivity index (χ2n) is 14.0. The van der Waals surface area contributed by atoms with Crippen LogP contribution in [0.3, 0.4) is 0 Å². The van der Waals surface area contributed by atoms with Crippen molar-refractivity contribution < 1.29 is 0 Å². The molecule has 3 heterocycles. The average Bonchev–Trinajstić information content (AvgIpc) is 3.83. The molecule has 3 heteroatoms. The molecule has 11 rings (SSSR count). The van der Waals surface area contributed by atoms with Gasteiger partial charge in [-0.2, -0.15) is 0 Å². The maximum absolute atomic E-state index is 5.38. The van der Waals surface area contributed by atoms with Gasteiger partial charge in [-0.05, 0) is 82.3 Å². The van der Waals surface area contributed by atoms with Gasteiger partial charge in [-0.15, -0.1) is 11.3 Å². The zero-order valence-corrected chi connectivity index (χ0v) is 29.4. The summed E-state index contributed by atoms with van der Waals surface area (Å²) < 4.78 is 4.98. The van der Waals surface area contributed by atoms with Crippen LogP contribution in [0.15, 0.2) is 176 Å². The lowest BCUT2D eigenvalue weighted by Crippen LogP contribution is -2.22. The van der Waals surface area contributed by atoms with Crippen LogP contribution in [-0.4, -0.2) is 9.55 Å². The van der Waals surface area contributed by atoms with E-state index < -0.39 is 0 Å². The van der Waals surface area contributed by atoms with Gasteiger partial charge in [0, 0.05) is 41.9 Å². The summed E-state index contributed by atoms with van der Waals surface area (Å²) in [6, 6.07) is 64.1. The molecule has 1 atom stereocenters. The van der Waals surface area contributed by atoms with E-state index in [1.807, 2.05) is 11.3 Å². The number of hydrogen-bond donors (Lipinski definition) is 0. The lowest BCUT2D eigenvalue weighted by molar-refractivity contribution is 0.721. The van der Waals surface area contributed by atoms with Gasteiger partial charge in [0.15, 0.2) is 0 Å². The number of benzene rings is 7. The van der Waals surface area contributed by atoms with E-state index in [0.29, 0.717) is 0 Å². The topological polar surface area (TPSA) is 17.8 Å². The van der Waals surface area contributed by atoms with Crippen LogP contribution in [0, 0.1) is 0 Å². The van der Waals surface area contributed by atoms with Crippen molar-refractivity contribution in [2.24, 2.45) is 0 Å². The van der Waals surface area contributed by atoms with Crippen molar-refractivity contribution in [1.29, 1.82) is 0 Å². The van der Waals surface area contributed by atoms with Crippen LogP contribution < -0.4 is 0 Å². The molecule has 52 heavy (non-hydrogen) atoms. The van der Waals surface area contributed by atoms with E-state index >= 15 is 0 Å². The van der Waals surface area contributed by atoms with Crippen LogP contribution in [0.2, 0.25) is 0 Å². The van der Waals surface area contributed by atoms with E-state index in [-0.39, 0.29) is 5.41 Å². The molecule has 0 amide bonds. The van der Waals surface area contributed by atoms with Gasteiger partial charge in [0.2, 0.25) is 0 Å². The lowest BCUT2D eigenvalue weighted by Gasteiger charge is -2.29. The van der Waals surface area contributed by atoms with Crippen LogP contribution in [0.4, 0.5) is 0 Å². The average molecular weight is 681 g/mol. The zero-order valence-electron chi connectivity index (χ0n) is 28.5. The van der Waals surface area contributed by atoms with Gasteiger partial charge < -0.3 is 0 Å². The molecule has 0 spiro atoms. The molecular formula is C49H32N2S. The first-order valence-electron chi connectivity index (χ1n) is 17.9. The Morgan fingerprint density at radius 3 is 2.00 bits per heavy atom. The summed E-state index contributed by atoms with van der Waals surface area (Å²) in [5, 5.41) is 5.16. The minimum atomic E-state index is -0.278. The van der Waals surface area contributed by atoms with Crippen molar-refractivity contribution in [2.75, 3.05) is 0 Å². The van der Waals surface area contributed by atoms with E-state index in [1.165, 1.54) is 69.8 Å². The predicted octanol–water partition coefficient (Wildman–Crippen LogP) is 13.2. The second-order valence-corrected chi connectivity index (χ2v) is 15.1. The third-order valence-corrected chi connectivity index (χ3v) is 12.4. The third kappa shape index (κ3) is 4.14. The molecule has 3 aromatic heterocycles. The fourth-order valence-electron chi connectivity index (χ4n) is 8.87. The summed E-state index contributed by atoms with van der Waals surface area (Å²) in [7, 11) is 0. The maximum atomic E-state index is 5.38. The highest BCUT2D eigenvalue weighted by Crippen LogP contribution is 2.57. The number of nitrogens with zero attached hydrogens (tertiary/aromatic N) is 2. The summed E-state index contributed by atoms with van der Waals surface area (Å²) in [5.74, 6) is 0.917. The van der Waals surface area contributed by atoms with Gasteiger partial charge in [0.05, 0.1) is 16.7 Å². The maximum Gasteiger partial charge on any atom is 0.138 e. The molecule has 1 unspecified atom stereocenters. The molecule has 0 bridgehead atoms. The number of thiophene rings is 1. The van der Waals surface area contributed by atoms with Gasteiger partial charge in [-0.3, -0.25) is 4.57 Å². The SMILES string of the molecule is CC1(c2ccccc2)c2ccccc2-c2ccc3sc4cc5c(cc4c3c21)c1ccccc1n5-c1cc(-c2ccccc2)cc(-c2ccccc2)n1. The fraction of sp³-hybridized carbons (Fsp3) is 0.0408. The molecule has 7 aromatic carbocycles. The van der Waals surface area contributed by atoms with Crippen LogP contribution in [0.1, 0.15) is 23.6 Å². The van der Waals surface area contributed by atoms with Crippen molar-refractivity contribution in [1.82, 2.24) is 9.55 Å². The largest absolute Gasteiger partial charge is 0.294 e. The zero-order chi connectivity index (χ0) is 34.4. The van der Waals surface area contributed by atoms with E-state index in [4.69, 9.17) is 4.98 Å². The quantitative estimate of drug-likeness (QED) is 0.181. The Morgan fingerprint density at radius 1 is 0.500 bits per heavy atom. The lowest BCUT2D eigenvalue weighted by atomic mass is 9.73. The Labute approximate surface area is 305 Å². The number of fused-ring (bicyclic) bond motifs is 10. The molecular weight excluding hydrogens is 649 g/mol. The van der Waals surface area contributed by atoms with Gasteiger partial charge in [0.1, 0.15) is 5.82 Å². The van der Waals surface area contributed by atoms with Gasteiger partial charge in [-0.1, -0.05) is 140 Å². The number of rotatable bonds is 4. The van der Waals surface area contributed by atoms with Crippen molar-refractivity contribution in [3.8, 4) is 39.3 Å². The van der Waals surface area contributed by atoms with Gasteiger partial charge >= 0.3 is 0 Å². The Bertz CT molecular complexity index is 2950. The Hall–Kier alpha value is -6.29. The number of pyridine rings is 1. The smallest absolute Gasteiger partial charge is 0.138 e. The fourth-order valence-corrected chi connectivity index (χ4v) is 9.99. The predicted molar refractivity (Wildman–Crippen MR) is 220 cm³/mol. The number of aromatic nitrogens is 2. The standard InChI is InChI=1S/C49H32N2S/c1-49(34-19-9-4-10-20-34)40-23-13-11-21-35(40)37-25-26-44-47(48(37)49)39-29-38-36-22-12-14-24-42(36)51(43(38)30-45(39)52-44)46-28-33(31-15-5-2-6-16-31)27-41(50-46)32-17-7-3-8-18-32/h2-30H,1H3. The van der Waals surface area contributed by atoms with Crippen molar-refractivity contribution in [3.63, 3.8) is 0 Å². The van der Waals surface area contributed by atoms with Crippen LogP contribution in [-0.2, 0) is 5.41 Å². The highest BCUT2D eigenvalue weighted by molar-refractivity contribution is 7.26. The molecule has 0 N–H and O–H groups in total. The molecule has 1 aliphatic carbocycles. The number of hydrogen-bond acceptors (Lipinski definition) is 2. The molecule has 244 valence electrons. The van der Waals surface area contributed by atoms with Crippen LogP contribution in [0.5, 0.6) is 0 Å². The highest BCUT2D eigenvalue weighted by Gasteiger charge is 2.42. The van der Waals surface area contributed by atoms with E-state index in [9.17, 15) is 0 Å². The van der Waals surface area contributed by atoms with Gasteiger partial charge in [-0.25, -0.2) is 4.98 Å². The molecule has 0 saturated carbocycles. The first-order valence-corrected chi connectivity index (χ1v) is 18.7. The molecule has 0 saturated heterocycles. The Morgan fingerprint density at radius 2 is 1.19 bits per heavy atom. The van der Waals surface area contributed by atoms with E-state index in [2.05, 4.69) is 187 Å². The Kier molecular flexibility index (Phi) is 6.29. The monoisotopic (exact) mass is 680 g/mol. The molecule has 10 aromatic rings. The number of para-hydroxylation sites is 1. The van der Waals surface area contributed by atoms with Crippen molar-refractivity contribution >= 4 is 53.3 Å². The minimum Gasteiger partial charge on any atom is -0.294 e. The molecule has 2 nitrogen and oxygen atoms in total. The van der Waals surface area contributed by atoms with E-state index in [1.54, 1.807) is 0 Å². The summed E-state index contributed by atoms with van der Waals surface area (Å²) in [4.78, 5) is 5.38. The normalized spacial score (nSPS) is 15.1. The summed E-state index contributed by atoms with van der Waals surface area (Å²) in [6.07, 6.45) is 0. The minimum absolute atomic E-state index is 0.278. The highest BCUT2D eigenvalue weighted by atomic mass is 32.1. The summed E-state index contributed by atoms with van der Waals surface area (Å²) >= 11 is 1.90. The van der Waals surface area contributed by atoms with Gasteiger partial charge in [0.25, 0.3) is 0 Å². The first kappa shape index (κ1) is 29.4. The summed E-state index contributed by atoms with van der Waals surface area (Å²) in [6.45, 7) is 2.43. The van der Waals surface area contributed by atoms with Crippen molar-refractivity contribution in [2.45, 2.75) is 12.3 Å². The Balaban J connectivity index is 1.22. The first-order chi connectivity index (χ1) is 25.7. The molecule has 0 aliphatic heterocycles. The van der Waals surface area contributed by atoms with E-state index in [0.717, 1.165) is 28.2 Å². The molecule has 1 aliphatic rings. The van der Waals surface area contributed by atoms with Crippen LogP contribution in [0.25, 0.3) is 81.3 Å². The second kappa shape index (κ2) is 11.1. The summed E-state index contributed by atoms with van der Waals surface area (Å²) in [5.41, 5.74) is 13.2. The molecule has 0 fully saturated rings. The van der Waals surface area contributed by atoms with Crippen molar-refractivity contribution in [3.05, 3.63) is 193 Å². The third-order valence-electron chi connectivity index (χ3n) is 11.3. The molecule has 0 radical (unpaired) electrons. The van der Waals surface area contributed by atoms with Crippen LogP contribution >= 0.6 is 11.3 Å².